The molecular formula is C21H25BrN2O4S2. The Kier molecular flexibility index (Phi) is 9.03. The number of nitrogens with zero attached hydrogens (tertiary/aromatic N) is 1. The Hall–Kier alpha value is -1.74. The van der Waals surface area contributed by atoms with E-state index in [1.807, 2.05) is 37.3 Å². The van der Waals surface area contributed by atoms with Crippen LogP contribution in [0.3, 0.4) is 0 Å². The molecule has 0 radical (unpaired) electrons. The number of benzene rings is 2. The lowest BCUT2D eigenvalue weighted by atomic mass is 10.1. The summed E-state index contributed by atoms with van der Waals surface area (Å²) in [6.07, 6.45) is 3.12. The van der Waals surface area contributed by atoms with Gasteiger partial charge in [-0.25, -0.2) is 21.6 Å². The molecule has 0 aliphatic rings. The number of sulfonamides is 2. The summed E-state index contributed by atoms with van der Waals surface area (Å²) in [5, 5.41) is 0. The molecule has 0 heterocycles. The number of nitrogens with one attached hydrogen (secondary N) is 1. The van der Waals surface area contributed by atoms with Gasteiger partial charge >= 0.3 is 0 Å². The largest absolute Gasteiger partial charge is 0.243 e. The smallest absolute Gasteiger partial charge is 0.214 e. The van der Waals surface area contributed by atoms with E-state index in [1.165, 1.54) is 9.29 Å². The number of hydrogen-bond donors (Lipinski definition) is 1. The van der Waals surface area contributed by atoms with E-state index >= 15 is 0 Å². The predicted octanol–water partition coefficient (Wildman–Crippen LogP) is 3.21. The maximum atomic E-state index is 13.5. The van der Waals surface area contributed by atoms with Crippen molar-refractivity contribution in [1.82, 2.24) is 9.03 Å². The Morgan fingerprint density at radius 2 is 1.70 bits per heavy atom. The molecule has 2 rings (SSSR count). The normalized spacial score (nSPS) is 12.9. The van der Waals surface area contributed by atoms with Crippen LogP contribution in [0, 0.1) is 6.92 Å². The zero-order valence-corrected chi connectivity index (χ0v) is 20.0. The third-order valence-corrected chi connectivity index (χ3v) is 7.26. The molecule has 162 valence electrons. The van der Waals surface area contributed by atoms with Crippen LogP contribution in [0.1, 0.15) is 11.1 Å². The van der Waals surface area contributed by atoms with Gasteiger partial charge in [-0.05, 0) is 37.1 Å². The Bertz CT molecular complexity index is 1090. The number of halogens is 1. The lowest BCUT2D eigenvalue weighted by molar-refractivity contribution is 0.362. The summed E-state index contributed by atoms with van der Waals surface area (Å²) in [6, 6.07) is 15.5. The molecule has 0 aromatic heterocycles. The minimum absolute atomic E-state index is 0.0265. The molecule has 0 bridgehead atoms. The van der Waals surface area contributed by atoms with E-state index in [2.05, 4.69) is 26.4 Å². The third-order valence-electron chi connectivity index (χ3n) is 4.33. The van der Waals surface area contributed by atoms with Crippen LogP contribution in [0.5, 0.6) is 0 Å². The molecule has 30 heavy (non-hydrogen) atoms. The SMILES string of the molecule is Cc1ccc(S(=O)(=O)N(CCNS(C)(=O)=O)[C@H](C=C=CBr)Cc2ccccc2)cc1. The molecular weight excluding hydrogens is 488 g/mol. The van der Waals surface area contributed by atoms with Crippen molar-refractivity contribution < 1.29 is 16.8 Å². The molecule has 2 aromatic carbocycles. The van der Waals surface area contributed by atoms with Gasteiger partial charge in [0.15, 0.2) is 0 Å². The molecule has 1 atom stereocenters. The predicted molar refractivity (Wildman–Crippen MR) is 123 cm³/mol. The van der Waals surface area contributed by atoms with Gasteiger partial charge in [0.25, 0.3) is 0 Å². The highest BCUT2D eigenvalue weighted by atomic mass is 79.9. The van der Waals surface area contributed by atoms with Crippen LogP contribution in [0.25, 0.3) is 0 Å². The van der Waals surface area contributed by atoms with Crippen molar-refractivity contribution in [3.8, 4) is 0 Å². The first-order valence-corrected chi connectivity index (χ1v) is 13.5. The van der Waals surface area contributed by atoms with Gasteiger partial charge in [-0.2, -0.15) is 4.31 Å². The highest BCUT2D eigenvalue weighted by Gasteiger charge is 2.30. The minimum atomic E-state index is -3.89. The Labute approximate surface area is 187 Å². The van der Waals surface area contributed by atoms with Crippen molar-refractivity contribution >= 4 is 36.0 Å². The van der Waals surface area contributed by atoms with Crippen molar-refractivity contribution in [2.45, 2.75) is 24.3 Å². The fourth-order valence-electron chi connectivity index (χ4n) is 2.90. The first-order chi connectivity index (χ1) is 14.1. The van der Waals surface area contributed by atoms with Gasteiger partial charge in [-0.15, -0.1) is 5.73 Å². The molecule has 0 aliphatic heterocycles. The van der Waals surface area contributed by atoms with Gasteiger partial charge in [0.2, 0.25) is 20.0 Å². The van der Waals surface area contributed by atoms with Gasteiger partial charge in [-0.3, -0.25) is 0 Å². The Morgan fingerprint density at radius 3 is 2.27 bits per heavy atom. The van der Waals surface area contributed by atoms with E-state index < -0.39 is 26.1 Å². The van der Waals surface area contributed by atoms with Crippen molar-refractivity contribution in [1.29, 1.82) is 0 Å². The summed E-state index contributed by atoms with van der Waals surface area (Å²) in [5.74, 6) is 0. The van der Waals surface area contributed by atoms with E-state index in [1.54, 1.807) is 30.3 Å². The first-order valence-electron chi connectivity index (χ1n) is 9.22. The minimum Gasteiger partial charge on any atom is -0.214 e. The number of aryl methyl sites for hydroxylation is 1. The summed E-state index contributed by atoms with van der Waals surface area (Å²) in [4.78, 5) is 1.68. The zero-order chi connectivity index (χ0) is 22.2. The molecule has 0 spiro atoms. The monoisotopic (exact) mass is 512 g/mol. The molecule has 0 fully saturated rings. The highest BCUT2D eigenvalue weighted by molar-refractivity contribution is 9.11. The van der Waals surface area contributed by atoms with Crippen LogP contribution in [0.15, 0.2) is 76.3 Å². The van der Waals surface area contributed by atoms with E-state index in [4.69, 9.17) is 0 Å². The summed E-state index contributed by atoms with van der Waals surface area (Å²) in [5.41, 5.74) is 4.81. The summed E-state index contributed by atoms with van der Waals surface area (Å²) < 4.78 is 53.6. The molecule has 0 saturated heterocycles. The molecule has 0 amide bonds. The van der Waals surface area contributed by atoms with Crippen LogP contribution in [0.4, 0.5) is 0 Å². The number of hydrogen-bond acceptors (Lipinski definition) is 4. The van der Waals surface area contributed by atoms with Crippen molar-refractivity contribution in [2.24, 2.45) is 0 Å². The van der Waals surface area contributed by atoms with E-state index in [-0.39, 0.29) is 18.0 Å². The second-order valence-corrected chi connectivity index (χ2v) is 11.0. The average Bonchev–Trinajstić information content (AvgIpc) is 2.69. The first kappa shape index (κ1) is 24.5. The fourth-order valence-corrected chi connectivity index (χ4v) is 5.09. The average molecular weight is 513 g/mol. The van der Waals surface area contributed by atoms with E-state index in [0.717, 1.165) is 17.4 Å². The van der Waals surface area contributed by atoms with Crippen LogP contribution in [-0.2, 0) is 26.5 Å². The molecule has 2 aromatic rings. The van der Waals surface area contributed by atoms with Crippen molar-refractivity contribution in [3.05, 3.63) is 82.5 Å². The van der Waals surface area contributed by atoms with Crippen LogP contribution in [-0.4, -0.2) is 46.5 Å². The third kappa shape index (κ3) is 7.50. The van der Waals surface area contributed by atoms with Gasteiger partial charge in [0, 0.05) is 18.1 Å². The maximum Gasteiger partial charge on any atom is 0.243 e. The van der Waals surface area contributed by atoms with Gasteiger partial charge in [0.1, 0.15) is 0 Å². The molecule has 0 aliphatic carbocycles. The van der Waals surface area contributed by atoms with Crippen LogP contribution in [0.2, 0.25) is 0 Å². The summed E-state index contributed by atoms with van der Waals surface area (Å²) in [6.45, 7) is 1.81. The van der Waals surface area contributed by atoms with Crippen molar-refractivity contribution in [3.63, 3.8) is 0 Å². The van der Waals surface area contributed by atoms with Crippen LogP contribution < -0.4 is 4.72 Å². The van der Waals surface area contributed by atoms with Gasteiger partial charge in [0.05, 0.1) is 17.2 Å². The quantitative estimate of drug-likeness (QED) is 0.495. The second-order valence-electron chi connectivity index (χ2n) is 6.79. The second kappa shape index (κ2) is 11.0. The van der Waals surface area contributed by atoms with E-state index in [9.17, 15) is 16.8 Å². The molecule has 0 saturated carbocycles. The standard InChI is InChI=1S/C21H25BrN2O4S2/c1-18-10-12-21(13-11-18)30(27,28)24(16-15-23-29(2,25)26)20(9-6-14-22)17-19-7-4-3-5-8-19/h3-5,7-14,20,23H,15-17H2,1-2H3/t6?,20-/m1/s1. The molecule has 1 N–H and O–H groups in total. The zero-order valence-electron chi connectivity index (χ0n) is 16.8. The summed E-state index contributed by atoms with van der Waals surface area (Å²) in [7, 11) is -7.34. The number of rotatable bonds is 10. The summed E-state index contributed by atoms with van der Waals surface area (Å²) >= 11 is 3.17. The molecule has 9 heteroatoms. The van der Waals surface area contributed by atoms with Crippen molar-refractivity contribution in [2.75, 3.05) is 19.3 Å². The lowest BCUT2D eigenvalue weighted by Crippen LogP contribution is -2.44. The topological polar surface area (TPSA) is 83.6 Å². The molecule has 0 unspecified atom stereocenters. The fraction of sp³-hybridized carbons (Fsp3) is 0.286. The molecule has 6 nitrogen and oxygen atoms in total. The Balaban J connectivity index is 2.46. The van der Waals surface area contributed by atoms with E-state index in [0.29, 0.717) is 6.42 Å². The Morgan fingerprint density at radius 1 is 1.07 bits per heavy atom. The highest BCUT2D eigenvalue weighted by Crippen LogP contribution is 2.21. The maximum absolute atomic E-state index is 13.5. The van der Waals surface area contributed by atoms with Gasteiger partial charge < -0.3 is 0 Å². The van der Waals surface area contributed by atoms with Gasteiger partial charge in [-0.1, -0.05) is 64.0 Å². The van der Waals surface area contributed by atoms with Crippen LogP contribution >= 0.6 is 15.9 Å². The lowest BCUT2D eigenvalue weighted by Gasteiger charge is -2.29.